The normalized spacial score (nSPS) is 11.0. The van der Waals surface area contributed by atoms with E-state index >= 15 is 0 Å². The number of rotatable bonds is 11. The number of aromatic nitrogens is 3. The molecule has 2 aromatic heterocycles. The number of hydrogen-bond donors (Lipinski definition) is 2. The number of benzene rings is 1. The highest BCUT2D eigenvalue weighted by atomic mass is 16.5. The van der Waals surface area contributed by atoms with Gasteiger partial charge in [0.2, 0.25) is 5.95 Å². The summed E-state index contributed by atoms with van der Waals surface area (Å²) in [5, 5.41) is 4.18. The van der Waals surface area contributed by atoms with Crippen molar-refractivity contribution in [3.05, 3.63) is 36.2 Å². The van der Waals surface area contributed by atoms with E-state index in [0.717, 1.165) is 47.5 Å². The van der Waals surface area contributed by atoms with Crippen molar-refractivity contribution in [2.24, 2.45) is 0 Å². The Morgan fingerprint density at radius 1 is 1.06 bits per heavy atom. The van der Waals surface area contributed by atoms with E-state index in [1.165, 1.54) is 0 Å². The van der Waals surface area contributed by atoms with Crippen LogP contribution in [0.25, 0.3) is 10.9 Å². The molecule has 0 saturated heterocycles. The van der Waals surface area contributed by atoms with Gasteiger partial charge in [0, 0.05) is 29.8 Å². The molecule has 8 nitrogen and oxygen atoms in total. The van der Waals surface area contributed by atoms with Gasteiger partial charge in [-0.25, -0.2) is 4.98 Å². The van der Waals surface area contributed by atoms with Crippen LogP contribution in [0, 0.1) is 0 Å². The van der Waals surface area contributed by atoms with E-state index in [4.69, 9.17) is 24.9 Å². The molecule has 31 heavy (non-hydrogen) atoms. The first-order valence-electron chi connectivity index (χ1n) is 10.6. The van der Waals surface area contributed by atoms with Crippen molar-refractivity contribution in [2.75, 3.05) is 37.9 Å². The van der Waals surface area contributed by atoms with E-state index in [1.54, 1.807) is 13.3 Å². The van der Waals surface area contributed by atoms with Gasteiger partial charge in [0.05, 0.1) is 18.8 Å². The number of anilines is 2. The Kier molecular flexibility index (Phi) is 7.70. The summed E-state index contributed by atoms with van der Waals surface area (Å²) in [4.78, 5) is 13.0. The van der Waals surface area contributed by atoms with Crippen LogP contribution in [-0.4, -0.2) is 41.8 Å². The summed E-state index contributed by atoms with van der Waals surface area (Å²) in [6.07, 6.45) is 3.70. The van der Waals surface area contributed by atoms with Crippen LogP contribution < -0.4 is 25.3 Å². The highest BCUT2D eigenvalue weighted by Crippen LogP contribution is 2.31. The van der Waals surface area contributed by atoms with Crippen LogP contribution in [0.1, 0.15) is 45.2 Å². The zero-order chi connectivity index (χ0) is 22.2. The third kappa shape index (κ3) is 5.87. The van der Waals surface area contributed by atoms with E-state index in [0.29, 0.717) is 24.8 Å². The number of methoxy groups -OCH3 is 1. The molecule has 0 aliphatic carbocycles. The molecule has 0 aliphatic rings. The molecule has 3 aromatic rings. The fourth-order valence-corrected chi connectivity index (χ4v) is 3.04. The molecule has 3 N–H and O–H groups in total. The van der Waals surface area contributed by atoms with Gasteiger partial charge in [-0.05, 0) is 24.5 Å². The number of fused-ring (bicyclic) bond motifs is 1. The fraction of sp³-hybridized carbons (Fsp3) is 0.435. The van der Waals surface area contributed by atoms with Gasteiger partial charge in [0.25, 0.3) is 0 Å². The Morgan fingerprint density at radius 2 is 1.84 bits per heavy atom. The highest BCUT2D eigenvalue weighted by molar-refractivity contribution is 5.86. The van der Waals surface area contributed by atoms with E-state index in [2.05, 4.69) is 36.1 Å². The van der Waals surface area contributed by atoms with Crippen LogP contribution in [-0.2, 0) is 0 Å². The van der Waals surface area contributed by atoms with Crippen LogP contribution in [0.2, 0.25) is 0 Å². The Bertz CT molecular complexity index is 1010. The molecular weight excluding hydrogens is 394 g/mol. The molecule has 0 aliphatic heterocycles. The molecule has 0 unspecified atom stereocenters. The maximum absolute atomic E-state index is 6.08. The second-order valence-corrected chi connectivity index (χ2v) is 7.50. The summed E-state index contributed by atoms with van der Waals surface area (Å²) in [5.74, 6) is 3.18. The zero-order valence-electron chi connectivity index (χ0n) is 18.6. The standard InChI is InChI=1S/C23H31N5O3/c1-5-6-9-25-22-21(14-26-23(24)28-22)31-11-10-30-20-13-18(15(2)3)27-19-12-16(29-4)7-8-17(19)20/h7-8,12-15H,5-6,9-11H2,1-4H3,(H3,24,25,26,28). The maximum Gasteiger partial charge on any atom is 0.222 e. The van der Waals surface area contributed by atoms with Crippen LogP contribution in [0.5, 0.6) is 17.2 Å². The summed E-state index contributed by atoms with van der Waals surface area (Å²) >= 11 is 0. The molecule has 1 aromatic carbocycles. The van der Waals surface area contributed by atoms with Crippen LogP contribution in [0.3, 0.4) is 0 Å². The predicted octanol–water partition coefficient (Wildman–Crippen LogP) is 4.41. The second-order valence-electron chi connectivity index (χ2n) is 7.50. The van der Waals surface area contributed by atoms with Crippen molar-refractivity contribution < 1.29 is 14.2 Å². The summed E-state index contributed by atoms with van der Waals surface area (Å²) in [6.45, 7) is 7.84. The molecule has 0 saturated carbocycles. The van der Waals surface area contributed by atoms with Crippen molar-refractivity contribution in [3.8, 4) is 17.2 Å². The van der Waals surface area contributed by atoms with Crippen molar-refractivity contribution in [3.63, 3.8) is 0 Å². The number of unbranched alkanes of at least 4 members (excludes halogenated alkanes) is 1. The van der Waals surface area contributed by atoms with Gasteiger partial charge >= 0.3 is 0 Å². The van der Waals surface area contributed by atoms with Crippen LogP contribution in [0.15, 0.2) is 30.5 Å². The van der Waals surface area contributed by atoms with Crippen molar-refractivity contribution in [1.82, 2.24) is 15.0 Å². The van der Waals surface area contributed by atoms with Crippen LogP contribution >= 0.6 is 0 Å². The smallest absolute Gasteiger partial charge is 0.222 e. The largest absolute Gasteiger partial charge is 0.497 e. The number of ether oxygens (including phenoxy) is 3. The van der Waals surface area contributed by atoms with E-state index in [1.807, 2.05) is 24.3 Å². The molecule has 0 amide bonds. The molecule has 0 spiro atoms. The number of nitrogen functional groups attached to an aromatic ring is 1. The molecule has 166 valence electrons. The lowest BCUT2D eigenvalue weighted by molar-refractivity contribution is 0.218. The lowest BCUT2D eigenvalue weighted by atomic mass is 10.1. The number of pyridine rings is 1. The van der Waals surface area contributed by atoms with Gasteiger partial charge in [-0.2, -0.15) is 4.98 Å². The fourth-order valence-electron chi connectivity index (χ4n) is 3.04. The highest BCUT2D eigenvalue weighted by Gasteiger charge is 2.12. The zero-order valence-corrected chi connectivity index (χ0v) is 18.6. The molecule has 2 heterocycles. The topological polar surface area (TPSA) is 104 Å². The van der Waals surface area contributed by atoms with Gasteiger partial charge in [0.1, 0.15) is 24.7 Å². The number of hydrogen-bond acceptors (Lipinski definition) is 8. The van der Waals surface area contributed by atoms with Gasteiger partial charge < -0.3 is 25.3 Å². The SMILES string of the molecule is CCCCNc1nc(N)ncc1OCCOc1cc(C(C)C)nc2cc(OC)ccc12. The first-order valence-corrected chi connectivity index (χ1v) is 10.6. The Labute approximate surface area is 183 Å². The molecular formula is C23H31N5O3. The van der Waals surface area contributed by atoms with E-state index in [9.17, 15) is 0 Å². The number of nitrogens with one attached hydrogen (secondary N) is 1. The average molecular weight is 426 g/mol. The molecule has 8 heteroatoms. The predicted molar refractivity (Wildman–Crippen MR) is 123 cm³/mol. The van der Waals surface area contributed by atoms with Gasteiger partial charge in [-0.1, -0.05) is 27.2 Å². The quantitative estimate of drug-likeness (QED) is 0.435. The van der Waals surface area contributed by atoms with Crippen molar-refractivity contribution >= 4 is 22.7 Å². The number of nitrogens with zero attached hydrogens (tertiary/aromatic N) is 3. The van der Waals surface area contributed by atoms with Crippen LogP contribution in [0.4, 0.5) is 11.8 Å². The summed E-state index contributed by atoms with van der Waals surface area (Å²) in [5.41, 5.74) is 7.52. The monoisotopic (exact) mass is 425 g/mol. The molecule has 0 fully saturated rings. The maximum atomic E-state index is 6.08. The average Bonchev–Trinajstić information content (AvgIpc) is 2.77. The minimum absolute atomic E-state index is 0.211. The van der Waals surface area contributed by atoms with E-state index < -0.39 is 0 Å². The second kappa shape index (κ2) is 10.7. The Balaban J connectivity index is 1.69. The minimum atomic E-state index is 0.211. The lowest BCUT2D eigenvalue weighted by Crippen LogP contribution is -2.13. The van der Waals surface area contributed by atoms with Gasteiger partial charge in [-0.15, -0.1) is 0 Å². The Hall–Kier alpha value is -3.29. The summed E-state index contributed by atoms with van der Waals surface area (Å²) in [6, 6.07) is 7.78. The van der Waals surface area contributed by atoms with Gasteiger partial charge in [-0.3, -0.25) is 4.98 Å². The molecule has 3 rings (SSSR count). The first-order chi connectivity index (χ1) is 15.0. The third-order valence-electron chi connectivity index (χ3n) is 4.79. The lowest BCUT2D eigenvalue weighted by Gasteiger charge is -2.15. The van der Waals surface area contributed by atoms with E-state index in [-0.39, 0.29) is 11.9 Å². The Morgan fingerprint density at radius 3 is 2.55 bits per heavy atom. The van der Waals surface area contributed by atoms with Gasteiger partial charge in [0.15, 0.2) is 11.6 Å². The van der Waals surface area contributed by atoms with Crippen molar-refractivity contribution in [1.29, 1.82) is 0 Å². The van der Waals surface area contributed by atoms with Crippen molar-refractivity contribution in [2.45, 2.75) is 39.5 Å². The molecule has 0 atom stereocenters. The summed E-state index contributed by atoms with van der Waals surface area (Å²) < 4.78 is 17.3. The minimum Gasteiger partial charge on any atom is -0.497 e. The first kappa shape index (κ1) is 22.4. The molecule has 0 bridgehead atoms. The third-order valence-corrected chi connectivity index (χ3v) is 4.79. The number of nitrogens with two attached hydrogens (primary N) is 1. The molecule has 0 radical (unpaired) electrons. The summed E-state index contributed by atoms with van der Waals surface area (Å²) in [7, 11) is 1.65.